The smallest absolute Gasteiger partial charge is 0.262 e. The van der Waals surface area contributed by atoms with E-state index in [9.17, 15) is 18.0 Å². The topological polar surface area (TPSA) is 95.6 Å². The van der Waals surface area contributed by atoms with Gasteiger partial charge in [0, 0.05) is 29.9 Å². The molecule has 1 aliphatic heterocycles. The number of nitrogens with zero attached hydrogens (tertiary/aromatic N) is 1. The standard InChI is InChI=1S/C24H22ClN3O4S/c1-16-8-11-18(15-22(16)33(31,32)27-21-6-3-2-5-20(21)25)26-24(30)17-9-12-19(13-10-17)28-14-4-7-23(28)29/h2-3,5-6,8-13,15,27H,4,7,14H2,1H3,(H,26,30). The van der Waals surface area contributed by atoms with Gasteiger partial charge < -0.3 is 10.2 Å². The summed E-state index contributed by atoms with van der Waals surface area (Å²) in [6.07, 6.45) is 1.36. The first-order valence-corrected chi connectivity index (χ1v) is 12.2. The van der Waals surface area contributed by atoms with Gasteiger partial charge in [0.1, 0.15) is 0 Å². The number of halogens is 1. The molecule has 2 N–H and O–H groups in total. The maximum absolute atomic E-state index is 13.0. The number of hydrogen-bond donors (Lipinski definition) is 2. The van der Waals surface area contributed by atoms with Gasteiger partial charge in [0.2, 0.25) is 5.91 Å². The van der Waals surface area contributed by atoms with Crippen LogP contribution in [-0.2, 0) is 14.8 Å². The molecule has 33 heavy (non-hydrogen) atoms. The zero-order valence-corrected chi connectivity index (χ0v) is 19.4. The predicted molar refractivity (Wildman–Crippen MR) is 129 cm³/mol. The molecule has 170 valence electrons. The second-order valence-corrected chi connectivity index (χ2v) is 9.77. The van der Waals surface area contributed by atoms with Crippen molar-refractivity contribution in [1.29, 1.82) is 0 Å². The second-order valence-electron chi connectivity index (χ2n) is 7.72. The fraction of sp³-hybridized carbons (Fsp3) is 0.167. The summed E-state index contributed by atoms with van der Waals surface area (Å²) in [4.78, 5) is 26.3. The predicted octanol–water partition coefficient (Wildman–Crippen LogP) is 4.83. The molecule has 0 aromatic heterocycles. The number of hydrogen-bond acceptors (Lipinski definition) is 4. The summed E-state index contributed by atoms with van der Waals surface area (Å²) < 4.78 is 28.4. The summed E-state index contributed by atoms with van der Waals surface area (Å²) in [6.45, 7) is 2.35. The van der Waals surface area contributed by atoms with E-state index in [0.717, 1.165) is 12.1 Å². The molecule has 3 aromatic rings. The van der Waals surface area contributed by atoms with Crippen molar-refractivity contribution >= 4 is 50.5 Å². The quantitative estimate of drug-likeness (QED) is 0.525. The summed E-state index contributed by atoms with van der Waals surface area (Å²) in [5, 5.41) is 3.01. The lowest BCUT2D eigenvalue weighted by atomic mass is 10.1. The van der Waals surface area contributed by atoms with E-state index >= 15 is 0 Å². The van der Waals surface area contributed by atoms with Crippen LogP contribution in [0, 0.1) is 6.92 Å². The minimum absolute atomic E-state index is 0.0307. The maximum atomic E-state index is 13.0. The van der Waals surface area contributed by atoms with Crippen molar-refractivity contribution in [2.24, 2.45) is 0 Å². The van der Waals surface area contributed by atoms with Crippen LogP contribution in [0.15, 0.2) is 71.6 Å². The molecule has 0 bridgehead atoms. The molecule has 4 rings (SSSR count). The van der Waals surface area contributed by atoms with E-state index in [1.807, 2.05) is 0 Å². The number of aryl methyl sites for hydroxylation is 1. The fourth-order valence-corrected chi connectivity index (χ4v) is 5.22. The van der Waals surface area contributed by atoms with Crippen LogP contribution in [0.3, 0.4) is 0 Å². The van der Waals surface area contributed by atoms with Gasteiger partial charge in [-0.1, -0.05) is 29.8 Å². The lowest BCUT2D eigenvalue weighted by molar-refractivity contribution is -0.117. The van der Waals surface area contributed by atoms with E-state index in [1.54, 1.807) is 72.5 Å². The first-order chi connectivity index (χ1) is 15.7. The third kappa shape index (κ3) is 5.02. The molecule has 1 aliphatic rings. The zero-order valence-electron chi connectivity index (χ0n) is 17.8. The number of amides is 2. The molecule has 1 heterocycles. The van der Waals surface area contributed by atoms with Gasteiger partial charge in [-0.25, -0.2) is 8.42 Å². The van der Waals surface area contributed by atoms with Crippen molar-refractivity contribution in [1.82, 2.24) is 0 Å². The Morgan fingerprint density at radius 3 is 2.42 bits per heavy atom. The van der Waals surface area contributed by atoms with E-state index < -0.39 is 10.0 Å². The first-order valence-electron chi connectivity index (χ1n) is 10.3. The average molecular weight is 484 g/mol. The van der Waals surface area contributed by atoms with E-state index in [4.69, 9.17) is 11.6 Å². The molecular formula is C24H22ClN3O4S. The third-order valence-electron chi connectivity index (χ3n) is 5.37. The van der Waals surface area contributed by atoms with Crippen molar-refractivity contribution in [3.05, 3.63) is 82.9 Å². The SMILES string of the molecule is Cc1ccc(NC(=O)c2ccc(N3CCCC3=O)cc2)cc1S(=O)(=O)Nc1ccccc1Cl. The number of carbonyl (C=O) groups excluding carboxylic acids is 2. The highest BCUT2D eigenvalue weighted by molar-refractivity contribution is 7.92. The van der Waals surface area contributed by atoms with Crippen LogP contribution in [0.4, 0.5) is 17.1 Å². The van der Waals surface area contributed by atoms with Crippen LogP contribution in [0.25, 0.3) is 0 Å². The average Bonchev–Trinajstić information content (AvgIpc) is 3.22. The van der Waals surface area contributed by atoms with Gasteiger partial charge in [0.25, 0.3) is 15.9 Å². The van der Waals surface area contributed by atoms with Gasteiger partial charge in [0.15, 0.2) is 0 Å². The number of anilines is 3. The van der Waals surface area contributed by atoms with Gasteiger partial charge in [-0.2, -0.15) is 0 Å². The van der Waals surface area contributed by atoms with Crippen LogP contribution in [0.5, 0.6) is 0 Å². The van der Waals surface area contributed by atoms with Gasteiger partial charge in [0.05, 0.1) is 15.6 Å². The fourth-order valence-electron chi connectivity index (χ4n) is 3.63. The van der Waals surface area contributed by atoms with Crippen molar-refractivity contribution < 1.29 is 18.0 Å². The molecule has 9 heteroatoms. The normalized spacial score (nSPS) is 13.8. The highest BCUT2D eigenvalue weighted by atomic mass is 35.5. The summed E-state index contributed by atoms with van der Waals surface area (Å²) >= 11 is 6.08. The molecule has 0 spiro atoms. The Morgan fingerprint density at radius 2 is 1.76 bits per heavy atom. The van der Waals surface area contributed by atoms with E-state index in [2.05, 4.69) is 10.0 Å². The number of nitrogens with one attached hydrogen (secondary N) is 2. The molecule has 2 amide bonds. The van der Waals surface area contributed by atoms with Crippen molar-refractivity contribution in [3.63, 3.8) is 0 Å². The Labute approximate surface area is 197 Å². The molecule has 0 radical (unpaired) electrons. The van der Waals surface area contributed by atoms with Crippen LogP contribution >= 0.6 is 11.6 Å². The Morgan fingerprint density at radius 1 is 1.03 bits per heavy atom. The molecule has 0 aliphatic carbocycles. The van der Waals surface area contributed by atoms with E-state index in [-0.39, 0.29) is 27.4 Å². The molecule has 3 aromatic carbocycles. The molecule has 0 saturated carbocycles. The van der Waals surface area contributed by atoms with Crippen LogP contribution in [0.2, 0.25) is 5.02 Å². The van der Waals surface area contributed by atoms with Crippen molar-refractivity contribution in [2.75, 3.05) is 21.5 Å². The molecule has 1 saturated heterocycles. The largest absolute Gasteiger partial charge is 0.322 e. The minimum Gasteiger partial charge on any atom is -0.322 e. The Kier molecular flexibility index (Phi) is 6.40. The van der Waals surface area contributed by atoms with E-state index in [1.165, 1.54) is 6.07 Å². The van der Waals surface area contributed by atoms with Crippen molar-refractivity contribution in [3.8, 4) is 0 Å². The van der Waals surface area contributed by atoms with Crippen LogP contribution in [0.1, 0.15) is 28.8 Å². The highest BCUT2D eigenvalue weighted by Gasteiger charge is 2.22. The lowest BCUT2D eigenvalue weighted by Crippen LogP contribution is -2.23. The number of sulfonamides is 1. The number of benzene rings is 3. The van der Waals surface area contributed by atoms with Crippen LogP contribution < -0.4 is 14.9 Å². The lowest BCUT2D eigenvalue weighted by Gasteiger charge is -2.16. The molecule has 1 fully saturated rings. The summed E-state index contributed by atoms with van der Waals surface area (Å²) in [6, 6.07) is 18.0. The first kappa shape index (κ1) is 22.8. The zero-order chi connectivity index (χ0) is 23.6. The highest BCUT2D eigenvalue weighted by Crippen LogP contribution is 2.27. The third-order valence-corrected chi connectivity index (χ3v) is 7.21. The maximum Gasteiger partial charge on any atom is 0.262 e. The molecular weight excluding hydrogens is 462 g/mol. The Hall–Kier alpha value is -3.36. The molecule has 7 nitrogen and oxygen atoms in total. The van der Waals surface area contributed by atoms with Crippen LogP contribution in [-0.4, -0.2) is 26.8 Å². The molecule has 0 unspecified atom stereocenters. The number of para-hydroxylation sites is 1. The number of rotatable bonds is 6. The second kappa shape index (κ2) is 9.25. The van der Waals surface area contributed by atoms with Gasteiger partial charge in [-0.3, -0.25) is 14.3 Å². The summed E-state index contributed by atoms with van der Waals surface area (Å²) in [5.74, 6) is -0.313. The number of carbonyl (C=O) groups is 2. The Balaban J connectivity index is 1.52. The van der Waals surface area contributed by atoms with Crippen molar-refractivity contribution in [2.45, 2.75) is 24.7 Å². The van der Waals surface area contributed by atoms with Gasteiger partial charge in [-0.15, -0.1) is 0 Å². The van der Waals surface area contributed by atoms with Gasteiger partial charge in [-0.05, 0) is 67.4 Å². The van der Waals surface area contributed by atoms with E-state index in [0.29, 0.717) is 29.8 Å². The summed E-state index contributed by atoms with van der Waals surface area (Å²) in [7, 11) is -3.93. The monoisotopic (exact) mass is 483 g/mol. The summed E-state index contributed by atoms with van der Waals surface area (Å²) in [5.41, 5.74) is 2.27. The molecule has 0 atom stereocenters. The Bertz CT molecular complexity index is 1320. The minimum atomic E-state index is -3.93. The van der Waals surface area contributed by atoms with Gasteiger partial charge >= 0.3 is 0 Å².